The Balaban J connectivity index is 0.00000243. The topological polar surface area (TPSA) is 149 Å². The highest BCUT2D eigenvalue weighted by molar-refractivity contribution is 7.32. The molecule has 0 radical (unpaired) electrons. The normalized spacial score (nSPS) is 26.1. The van der Waals surface area contributed by atoms with Gasteiger partial charge in [-0.15, -0.1) is 9.42 Å². The summed E-state index contributed by atoms with van der Waals surface area (Å²) in [5.74, 6) is 0.378. The highest BCUT2D eigenvalue weighted by atomic mass is 31.1. The molecular weight excluding hydrogens is 367 g/mol. The van der Waals surface area contributed by atoms with Crippen molar-refractivity contribution in [3.8, 4) is 0 Å². The number of ether oxygens (including phenoxy) is 2. The van der Waals surface area contributed by atoms with Crippen molar-refractivity contribution in [1.82, 2.24) is 19.5 Å². The van der Waals surface area contributed by atoms with Crippen molar-refractivity contribution >= 4 is 19.4 Å². The molecule has 1 aliphatic heterocycles. The van der Waals surface area contributed by atoms with Crippen LogP contribution in [-0.2, 0) is 18.6 Å². The molecule has 2 unspecified atom stereocenters. The molecule has 1 fully saturated rings. The molecule has 3 heterocycles. The molecule has 11 nitrogen and oxygen atoms in total. The third-order valence-corrected chi connectivity index (χ3v) is 4.29. The fourth-order valence-corrected chi connectivity index (χ4v) is 3.34. The summed E-state index contributed by atoms with van der Waals surface area (Å²) in [4.78, 5) is 32.0. The largest absolute Gasteiger partial charge is 0.695 e. The summed E-state index contributed by atoms with van der Waals surface area (Å²) in [6.07, 6.45) is -2.15. The molecule has 0 spiro atoms. The van der Waals surface area contributed by atoms with Gasteiger partial charge < -0.3 is 19.6 Å². The van der Waals surface area contributed by atoms with E-state index in [0.29, 0.717) is 12.4 Å². The zero-order valence-electron chi connectivity index (χ0n) is 13.5. The molecule has 3 N–H and O–H groups in total. The maximum absolute atomic E-state index is 12.0. The number of fused-ring (bicyclic) bond motifs is 1. The number of nitrogens with zero attached hydrogens (tertiary/aromatic N) is 3. The summed E-state index contributed by atoms with van der Waals surface area (Å²) in [5, 5.41) is 9.54. The van der Waals surface area contributed by atoms with Gasteiger partial charge in [0.2, 0.25) is 0 Å². The number of imidazole rings is 1. The number of aryl methyl sites for hydroxylation is 1. The molecule has 144 valence electrons. The maximum atomic E-state index is 12.0. The highest BCUT2D eigenvalue weighted by Gasteiger charge is 2.51. The van der Waals surface area contributed by atoms with Gasteiger partial charge in [-0.05, 0) is 13.8 Å². The molecule has 26 heavy (non-hydrogen) atoms. The zero-order valence-corrected chi connectivity index (χ0v) is 14.4. The first-order valence-electron chi connectivity index (χ1n) is 7.60. The van der Waals surface area contributed by atoms with E-state index in [-0.39, 0.29) is 25.2 Å². The summed E-state index contributed by atoms with van der Waals surface area (Å²) in [6.45, 7) is 3.28. The lowest BCUT2D eigenvalue weighted by Gasteiger charge is -2.18. The number of H-pyrrole nitrogens is 1. The number of nitrogens with one attached hydrogen (secondary N) is 1. The van der Waals surface area contributed by atoms with Gasteiger partial charge in [-0.3, -0.25) is 9.36 Å². The van der Waals surface area contributed by atoms with Gasteiger partial charge in [-0.25, -0.2) is 9.97 Å². The van der Waals surface area contributed by atoms with Crippen LogP contribution in [0, 0.1) is 6.92 Å². The molecule has 3 rings (SSSR count). The molecule has 0 saturated carbocycles. The first kappa shape index (κ1) is 20.6. The number of aromatic amines is 1. The van der Waals surface area contributed by atoms with Crippen molar-refractivity contribution in [2.45, 2.75) is 45.8 Å². The Hall–Kier alpha value is -1.75. The summed E-state index contributed by atoms with van der Waals surface area (Å²) < 4.78 is 29.1. The van der Waals surface area contributed by atoms with Crippen LogP contribution in [0.25, 0.3) is 11.2 Å². The lowest BCUT2D eigenvalue weighted by Crippen LogP contribution is -2.37. The molecule has 2 aromatic rings. The Kier molecular flexibility index (Phi) is 6.56. The number of rotatable bonds is 6. The summed E-state index contributed by atoms with van der Waals surface area (Å²) in [7, 11) is -2.94. The minimum atomic E-state index is -2.94. The Morgan fingerprint density at radius 2 is 2.19 bits per heavy atom. The first-order chi connectivity index (χ1) is 12.0. The van der Waals surface area contributed by atoms with Crippen LogP contribution in [-0.4, -0.2) is 61.0 Å². The van der Waals surface area contributed by atoms with Gasteiger partial charge in [0.05, 0.1) is 12.9 Å². The Morgan fingerprint density at radius 3 is 2.81 bits per heavy atom. The van der Waals surface area contributed by atoms with E-state index in [2.05, 4.69) is 15.0 Å². The SMILES string of the molecule is C.CCOC1[C@@H](CO)O[C@@H](n2cnc3c(=O)[nH]c(C)nc32)[C@H]1O[P+](=O)O. The van der Waals surface area contributed by atoms with Crippen LogP contribution in [0.2, 0.25) is 0 Å². The molecule has 0 bridgehead atoms. The van der Waals surface area contributed by atoms with E-state index in [1.807, 2.05) is 0 Å². The summed E-state index contributed by atoms with van der Waals surface area (Å²) >= 11 is 0. The van der Waals surface area contributed by atoms with Crippen molar-refractivity contribution in [2.24, 2.45) is 0 Å². The summed E-state index contributed by atoms with van der Waals surface area (Å²) in [5.41, 5.74) is -0.0754. The molecule has 1 aliphatic rings. The Morgan fingerprint density at radius 1 is 1.46 bits per heavy atom. The van der Waals surface area contributed by atoms with Crippen molar-refractivity contribution < 1.29 is 28.6 Å². The van der Waals surface area contributed by atoms with E-state index in [4.69, 9.17) is 14.0 Å². The predicted molar refractivity (Wildman–Crippen MR) is 90.7 cm³/mol. The van der Waals surface area contributed by atoms with E-state index in [9.17, 15) is 19.4 Å². The van der Waals surface area contributed by atoms with Crippen LogP contribution >= 0.6 is 8.25 Å². The van der Waals surface area contributed by atoms with E-state index < -0.39 is 38.4 Å². The second-order valence-electron chi connectivity index (χ2n) is 5.45. The minimum absolute atomic E-state index is 0. The van der Waals surface area contributed by atoms with Gasteiger partial charge in [-0.1, -0.05) is 7.43 Å². The second-order valence-corrected chi connectivity index (χ2v) is 6.14. The molecule has 0 aliphatic carbocycles. The summed E-state index contributed by atoms with van der Waals surface area (Å²) in [6, 6.07) is 0. The molecule has 12 heteroatoms. The monoisotopic (exact) mass is 389 g/mol. The van der Waals surface area contributed by atoms with E-state index >= 15 is 0 Å². The molecule has 5 atom stereocenters. The van der Waals surface area contributed by atoms with Crippen molar-refractivity contribution in [1.29, 1.82) is 0 Å². The van der Waals surface area contributed by atoms with Gasteiger partial charge >= 0.3 is 8.25 Å². The number of aliphatic hydroxyl groups excluding tert-OH is 1. The van der Waals surface area contributed by atoms with Crippen molar-refractivity contribution in [2.75, 3.05) is 13.2 Å². The van der Waals surface area contributed by atoms with Crippen molar-refractivity contribution in [3.05, 3.63) is 22.5 Å². The number of aromatic nitrogens is 4. The third-order valence-electron chi connectivity index (χ3n) is 3.86. The van der Waals surface area contributed by atoms with Crippen LogP contribution in [0.4, 0.5) is 0 Å². The number of hydrogen-bond acceptors (Lipinski definition) is 8. The van der Waals surface area contributed by atoms with Crippen LogP contribution in [0.15, 0.2) is 11.1 Å². The first-order valence-corrected chi connectivity index (χ1v) is 8.73. The number of aliphatic hydroxyl groups is 1. The predicted octanol–water partition coefficient (Wildman–Crippen LogP) is 0.394. The lowest BCUT2D eigenvalue weighted by atomic mass is 10.1. The van der Waals surface area contributed by atoms with Gasteiger partial charge in [-0.2, -0.15) is 0 Å². The average molecular weight is 389 g/mol. The fraction of sp³-hybridized carbons (Fsp3) is 0.643. The molecular formula is C14H22N4O7P+. The van der Waals surface area contributed by atoms with Crippen LogP contribution in [0.3, 0.4) is 0 Å². The van der Waals surface area contributed by atoms with E-state index in [1.54, 1.807) is 13.8 Å². The van der Waals surface area contributed by atoms with E-state index in [0.717, 1.165) is 0 Å². The second kappa shape index (κ2) is 8.30. The lowest BCUT2D eigenvalue weighted by molar-refractivity contribution is -0.0584. The van der Waals surface area contributed by atoms with Gasteiger partial charge in [0.1, 0.15) is 18.0 Å². The fourth-order valence-electron chi connectivity index (χ4n) is 2.91. The van der Waals surface area contributed by atoms with Crippen LogP contribution < -0.4 is 5.56 Å². The quantitative estimate of drug-likeness (QED) is 0.597. The average Bonchev–Trinajstić information content (AvgIpc) is 3.09. The number of hydrogen-bond donors (Lipinski definition) is 3. The highest BCUT2D eigenvalue weighted by Crippen LogP contribution is 2.38. The molecule has 1 saturated heterocycles. The molecule has 0 amide bonds. The Bertz CT molecular complexity index is 838. The van der Waals surface area contributed by atoms with Crippen LogP contribution in [0.1, 0.15) is 26.4 Å². The van der Waals surface area contributed by atoms with Gasteiger partial charge in [0.15, 0.2) is 23.5 Å². The Labute approximate surface area is 149 Å². The van der Waals surface area contributed by atoms with Gasteiger partial charge in [0.25, 0.3) is 5.56 Å². The van der Waals surface area contributed by atoms with Gasteiger partial charge in [0, 0.05) is 11.2 Å². The smallest absolute Gasteiger partial charge is 0.394 e. The molecule has 0 aromatic carbocycles. The molecule has 2 aromatic heterocycles. The van der Waals surface area contributed by atoms with Crippen LogP contribution in [0.5, 0.6) is 0 Å². The maximum Gasteiger partial charge on any atom is 0.695 e. The van der Waals surface area contributed by atoms with E-state index in [1.165, 1.54) is 10.9 Å². The van der Waals surface area contributed by atoms with Crippen molar-refractivity contribution in [3.63, 3.8) is 0 Å². The zero-order chi connectivity index (χ0) is 18.1. The minimum Gasteiger partial charge on any atom is -0.394 e. The standard InChI is InChI=1S/C13H17N4O7P.CH4/c1-3-22-9-7(4-18)23-13(10(9)24-25(20)21)17-5-14-8-11(17)15-6(2)16-12(8)19;/h5,7,9-10,13,18H,3-4H2,1-2H3,(H-,15,16,19,20,21);1H4/p+1/t7-,9?,10+,13-;/m1./s1. The third kappa shape index (κ3) is 3.68.